The van der Waals surface area contributed by atoms with Crippen molar-refractivity contribution in [3.63, 3.8) is 0 Å². The van der Waals surface area contributed by atoms with Crippen LogP contribution in [0.4, 0.5) is 0 Å². The predicted molar refractivity (Wildman–Crippen MR) is 184 cm³/mol. The molecule has 0 fully saturated rings. The minimum absolute atomic E-state index is 0.0228. The molecule has 0 saturated heterocycles. The van der Waals surface area contributed by atoms with E-state index >= 15 is 0 Å². The molecule has 6 rings (SSSR count). The molecule has 0 saturated carbocycles. The summed E-state index contributed by atoms with van der Waals surface area (Å²) < 4.78 is 0. The summed E-state index contributed by atoms with van der Waals surface area (Å²) >= 11 is 0. The van der Waals surface area contributed by atoms with Crippen LogP contribution in [-0.2, 0) is 23.7 Å². The second-order valence-corrected chi connectivity index (χ2v) is 14.9. The zero-order chi connectivity index (χ0) is 29.8. The Bertz CT molecular complexity index is 1720. The molecule has 0 amide bonds. The molecule has 0 heteroatoms. The Morgan fingerprint density at radius 3 is 2.31 bits per heavy atom. The van der Waals surface area contributed by atoms with Crippen molar-refractivity contribution in [1.29, 1.82) is 0 Å². The first-order valence-electron chi connectivity index (χ1n) is 16.2. The normalized spacial score (nSPS) is 16.4. The van der Waals surface area contributed by atoms with E-state index in [4.69, 9.17) is 0 Å². The molecule has 0 N–H and O–H groups in total. The fraction of sp³-hybridized carbons (Fsp3) is 0.381. The van der Waals surface area contributed by atoms with Crippen molar-refractivity contribution >= 4 is 16.3 Å². The quantitative estimate of drug-likeness (QED) is 0.196. The Labute approximate surface area is 254 Å². The molecule has 0 heterocycles. The Hall–Kier alpha value is -3.38. The lowest BCUT2D eigenvalue weighted by Gasteiger charge is -2.30. The van der Waals surface area contributed by atoms with Gasteiger partial charge in [-0.15, -0.1) is 0 Å². The zero-order valence-electron chi connectivity index (χ0n) is 27.1. The van der Waals surface area contributed by atoms with Gasteiger partial charge in [-0.05, 0) is 109 Å². The van der Waals surface area contributed by atoms with E-state index in [1.54, 1.807) is 11.1 Å². The number of rotatable bonds is 6. The van der Waals surface area contributed by atoms with Gasteiger partial charge < -0.3 is 0 Å². The number of allylic oxidation sites excluding steroid dienone is 4. The molecular formula is C42H48. The lowest BCUT2D eigenvalue weighted by Crippen LogP contribution is -2.18. The second-order valence-electron chi connectivity index (χ2n) is 14.9. The van der Waals surface area contributed by atoms with Crippen molar-refractivity contribution in [3.8, 4) is 11.1 Å². The molecule has 2 aliphatic rings. The van der Waals surface area contributed by atoms with Crippen LogP contribution < -0.4 is 0 Å². The average Bonchev–Trinajstić information content (AvgIpc) is 3.50. The van der Waals surface area contributed by atoms with Gasteiger partial charge in [-0.25, -0.2) is 0 Å². The maximum absolute atomic E-state index is 2.59. The Kier molecular flexibility index (Phi) is 7.33. The summed E-state index contributed by atoms with van der Waals surface area (Å²) in [6.07, 6.45) is 10.7. The largest absolute Gasteiger partial charge is 0.0740 e. The van der Waals surface area contributed by atoms with Gasteiger partial charge in [0.05, 0.1) is 0 Å². The van der Waals surface area contributed by atoms with E-state index in [0.29, 0.717) is 5.92 Å². The van der Waals surface area contributed by atoms with Crippen LogP contribution in [-0.4, -0.2) is 0 Å². The monoisotopic (exact) mass is 552 g/mol. The molecule has 1 atom stereocenters. The molecule has 0 spiro atoms. The first kappa shape index (κ1) is 28.7. The second kappa shape index (κ2) is 10.7. The smallest absolute Gasteiger partial charge is 0.000162 e. The van der Waals surface area contributed by atoms with E-state index in [9.17, 15) is 0 Å². The van der Waals surface area contributed by atoms with Crippen LogP contribution in [0.5, 0.6) is 0 Å². The highest BCUT2D eigenvalue weighted by atomic mass is 14.4. The van der Waals surface area contributed by atoms with Gasteiger partial charge in [-0.1, -0.05) is 140 Å². The molecule has 1 unspecified atom stereocenters. The highest BCUT2D eigenvalue weighted by molar-refractivity contribution is 5.89. The molecule has 0 aliphatic heterocycles. The summed E-state index contributed by atoms with van der Waals surface area (Å²) in [7, 11) is 0. The van der Waals surface area contributed by atoms with Crippen molar-refractivity contribution < 1.29 is 0 Å². The van der Waals surface area contributed by atoms with Gasteiger partial charge in [-0.2, -0.15) is 0 Å². The van der Waals surface area contributed by atoms with Crippen LogP contribution >= 0.6 is 0 Å². The third kappa shape index (κ3) is 5.19. The first-order valence-corrected chi connectivity index (χ1v) is 16.2. The number of hydrogen-bond acceptors (Lipinski definition) is 0. The molecule has 0 aromatic heterocycles. The molecule has 42 heavy (non-hydrogen) atoms. The third-order valence-corrected chi connectivity index (χ3v) is 9.64. The highest BCUT2D eigenvalue weighted by Crippen LogP contribution is 2.49. The van der Waals surface area contributed by atoms with Gasteiger partial charge in [0.2, 0.25) is 0 Å². The van der Waals surface area contributed by atoms with Crippen LogP contribution in [0.1, 0.15) is 114 Å². The van der Waals surface area contributed by atoms with Gasteiger partial charge in [-0.3, -0.25) is 0 Å². The molecule has 0 bridgehead atoms. The van der Waals surface area contributed by atoms with Crippen LogP contribution in [0.2, 0.25) is 0 Å². The summed E-state index contributed by atoms with van der Waals surface area (Å²) in [4.78, 5) is 0. The standard InChI is InChI=1S/C42H48/c1-9-10-14-28-21-27(2)34(22-28)40-38(24-30-17-13-16-29-15-11-12-18-33(29)30)36-23-31-19-20-32(41(3,4)5)25-35(31)37(36)26-39(40)42(6,7)8/h11-13,15-22,25-27H,9-10,14,23-24H2,1-8H3. The van der Waals surface area contributed by atoms with E-state index in [2.05, 4.69) is 134 Å². The van der Waals surface area contributed by atoms with Crippen LogP contribution in [0.3, 0.4) is 0 Å². The van der Waals surface area contributed by atoms with Gasteiger partial charge >= 0.3 is 0 Å². The fourth-order valence-corrected chi connectivity index (χ4v) is 7.24. The summed E-state index contributed by atoms with van der Waals surface area (Å²) in [5.74, 6) is 0.429. The lowest BCUT2D eigenvalue weighted by atomic mass is 9.74. The van der Waals surface area contributed by atoms with E-state index in [1.807, 2.05) is 0 Å². The SMILES string of the molecule is CCCCC1=CC(C)C(c2c(C(C)(C)C)cc3c(c2Cc2cccc4ccccc24)Cc2ccc(C(C)(C)C)cc2-3)=C1. The number of fused-ring (bicyclic) bond motifs is 4. The lowest BCUT2D eigenvalue weighted by molar-refractivity contribution is 0.586. The maximum atomic E-state index is 2.59. The molecule has 0 nitrogen and oxygen atoms in total. The summed E-state index contributed by atoms with van der Waals surface area (Å²) in [6.45, 7) is 18.9. The molecule has 0 radical (unpaired) electrons. The van der Waals surface area contributed by atoms with Crippen molar-refractivity contribution in [2.45, 2.75) is 98.3 Å². The minimum atomic E-state index is 0.0228. The molecule has 4 aromatic carbocycles. The summed E-state index contributed by atoms with van der Waals surface area (Å²) in [5, 5.41) is 2.71. The number of unbranched alkanes of at least 4 members (excludes halogenated alkanes) is 1. The molecule has 2 aliphatic carbocycles. The Morgan fingerprint density at radius 2 is 1.57 bits per heavy atom. The van der Waals surface area contributed by atoms with E-state index < -0.39 is 0 Å². The third-order valence-electron chi connectivity index (χ3n) is 9.64. The van der Waals surface area contributed by atoms with Gasteiger partial charge in [0.1, 0.15) is 0 Å². The van der Waals surface area contributed by atoms with E-state index in [1.165, 1.54) is 80.1 Å². The number of benzene rings is 4. The Balaban J connectivity index is 1.63. The Morgan fingerprint density at radius 1 is 0.810 bits per heavy atom. The molecule has 216 valence electrons. The number of hydrogen-bond donors (Lipinski definition) is 0. The highest BCUT2D eigenvalue weighted by Gasteiger charge is 2.33. The van der Waals surface area contributed by atoms with E-state index in [-0.39, 0.29) is 10.8 Å². The van der Waals surface area contributed by atoms with Gasteiger partial charge in [0.15, 0.2) is 0 Å². The van der Waals surface area contributed by atoms with Crippen LogP contribution in [0, 0.1) is 5.92 Å². The fourth-order valence-electron chi connectivity index (χ4n) is 7.24. The summed E-state index contributed by atoms with van der Waals surface area (Å²) in [6, 6.07) is 25.6. The predicted octanol–water partition coefficient (Wildman–Crippen LogP) is 11.7. The minimum Gasteiger partial charge on any atom is -0.0740 e. The van der Waals surface area contributed by atoms with E-state index in [0.717, 1.165) is 12.8 Å². The average molecular weight is 553 g/mol. The van der Waals surface area contributed by atoms with Crippen molar-refractivity contribution in [3.05, 3.63) is 123 Å². The van der Waals surface area contributed by atoms with Crippen LogP contribution in [0.15, 0.2) is 84.5 Å². The van der Waals surface area contributed by atoms with Gasteiger partial charge in [0, 0.05) is 5.92 Å². The topological polar surface area (TPSA) is 0 Å². The first-order chi connectivity index (χ1) is 20.0. The van der Waals surface area contributed by atoms with Crippen molar-refractivity contribution in [2.24, 2.45) is 5.92 Å². The molecular weight excluding hydrogens is 504 g/mol. The van der Waals surface area contributed by atoms with Crippen molar-refractivity contribution in [2.75, 3.05) is 0 Å². The van der Waals surface area contributed by atoms with Crippen LogP contribution in [0.25, 0.3) is 27.5 Å². The van der Waals surface area contributed by atoms with Gasteiger partial charge in [0.25, 0.3) is 0 Å². The maximum Gasteiger partial charge on any atom is 0.000162 e. The summed E-state index contributed by atoms with van der Waals surface area (Å²) in [5.41, 5.74) is 16.5. The zero-order valence-corrected chi connectivity index (χ0v) is 27.1. The van der Waals surface area contributed by atoms with Crippen molar-refractivity contribution in [1.82, 2.24) is 0 Å². The molecule has 4 aromatic rings.